The summed E-state index contributed by atoms with van der Waals surface area (Å²) in [7, 11) is 1.54. The molecule has 3 nitrogen and oxygen atoms in total. The molecule has 0 aliphatic carbocycles. The lowest BCUT2D eigenvalue weighted by molar-refractivity contribution is -0.134. The molecular weight excluding hydrogens is 142 g/mol. The lowest BCUT2D eigenvalue weighted by atomic mass is 10.1. The highest BCUT2D eigenvalue weighted by molar-refractivity contribution is 5.78. The van der Waals surface area contributed by atoms with Crippen molar-refractivity contribution in [2.75, 3.05) is 20.3 Å². The van der Waals surface area contributed by atoms with Gasteiger partial charge in [-0.2, -0.15) is 0 Å². The molecular formula is C8H14NO2. The summed E-state index contributed by atoms with van der Waals surface area (Å²) in [4.78, 5) is 12.9. The maximum Gasteiger partial charge on any atom is 0.248 e. The van der Waals surface area contributed by atoms with Gasteiger partial charge in [0, 0.05) is 13.7 Å². The van der Waals surface area contributed by atoms with Crippen LogP contribution in [0.4, 0.5) is 0 Å². The molecule has 0 bridgehead atoms. The summed E-state index contributed by atoms with van der Waals surface area (Å²) in [5.74, 6) is 0.0761. The van der Waals surface area contributed by atoms with Gasteiger partial charge in [-0.15, -0.1) is 0 Å². The van der Waals surface area contributed by atoms with Gasteiger partial charge in [0.05, 0.1) is 6.54 Å². The van der Waals surface area contributed by atoms with Gasteiger partial charge in [0.25, 0.3) is 0 Å². The van der Waals surface area contributed by atoms with Crippen LogP contribution in [0.3, 0.4) is 0 Å². The molecule has 11 heavy (non-hydrogen) atoms. The van der Waals surface area contributed by atoms with Crippen LogP contribution in [0.25, 0.3) is 0 Å². The van der Waals surface area contributed by atoms with Gasteiger partial charge in [0.15, 0.2) is 0 Å². The number of likely N-dealkylation sites (tertiary alicyclic amines) is 1. The normalized spacial score (nSPS) is 18.5. The van der Waals surface area contributed by atoms with Crippen LogP contribution in [0, 0.1) is 6.54 Å². The molecule has 1 amide bonds. The quantitative estimate of drug-likeness (QED) is 0.592. The summed E-state index contributed by atoms with van der Waals surface area (Å²) in [6, 6.07) is 0. The van der Waals surface area contributed by atoms with E-state index in [9.17, 15) is 4.79 Å². The highest BCUT2D eigenvalue weighted by Gasteiger charge is 2.15. The second-order valence-corrected chi connectivity index (χ2v) is 2.70. The number of hydrogen-bond acceptors (Lipinski definition) is 2. The molecule has 1 fully saturated rings. The summed E-state index contributed by atoms with van der Waals surface area (Å²) < 4.78 is 4.75. The van der Waals surface area contributed by atoms with Gasteiger partial charge in [0.2, 0.25) is 5.91 Å². The Hall–Kier alpha value is -0.570. The molecule has 0 aromatic heterocycles. The molecule has 0 saturated carbocycles. The van der Waals surface area contributed by atoms with Crippen molar-refractivity contribution in [1.82, 2.24) is 4.90 Å². The average molecular weight is 156 g/mol. The first-order chi connectivity index (χ1) is 5.34. The Morgan fingerprint density at radius 3 is 3.00 bits per heavy atom. The summed E-state index contributed by atoms with van der Waals surface area (Å²) in [6.07, 6.45) is 3.35. The molecule has 1 heterocycles. The van der Waals surface area contributed by atoms with Crippen LogP contribution < -0.4 is 0 Å². The third-order valence-corrected chi connectivity index (χ3v) is 1.79. The first kappa shape index (κ1) is 8.53. The van der Waals surface area contributed by atoms with Crippen molar-refractivity contribution in [3.05, 3.63) is 6.54 Å². The van der Waals surface area contributed by atoms with E-state index >= 15 is 0 Å². The van der Waals surface area contributed by atoms with Crippen molar-refractivity contribution in [2.24, 2.45) is 0 Å². The minimum Gasteiger partial charge on any atom is -0.375 e. The zero-order valence-corrected chi connectivity index (χ0v) is 6.88. The van der Waals surface area contributed by atoms with E-state index < -0.39 is 0 Å². The Labute approximate surface area is 67.3 Å². The second-order valence-electron chi connectivity index (χ2n) is 2.70. The second kappa shape index (κ2) is 4.34. The van der Waals surface area contributed by atoms with Crippen LogP contribution >= 0.6 is 0 Å². The molecule has 0 atom stereocenters. The molecule has 0 unspecified atom stereocenters. The highest BCUT2D eigenvalue weighted by atomic mass is 16.5. The zero-order chi connectivity index (χ0) is 8.10. The van der Waals surface area contributed by atoms with Gasteiger partial charge in [-0.25, -0.2) is 0 Å². The molecule has 0 spiro atoms. The van der Waals surface area contributed by atoms with Crippen LogP contribution in [0.1, 0.15) is 19.3 Å². The smallest absolute Gasteiger partial charge is 0.248 e. The van der Waals surface area contributed by atoms with Gasteiger partial charge < -0.3 is 9.64 Å². The van der Waals surface area contributed by atoms with E-state index in [-0.39, 0.29) is 12.5 Å². The molecule has 63 valence electrons. The number of nitrogens with zero attached hydrogens (tertiary/aromatic N) is 1. The fourth-order valence-corrected chi connectivity index (χ4v) is 1.20. The molecule has 0 aromatic rings. The number of amides is 1. The number of rotatable bonds is 2. The molecule has 1 radical (unpaired) electrons. The fourth-order valence-electron chi connectivity index (χ4n) is 1.20. The van der Waals surface area contributed by atoms with E-state index in [4.69, 9.17) is 4.74 Å². The Morgan fingerprint density at radius 2 is 2.45 bits per heavy atom. The number of piperidine rings is 1. The maximum atomic E-state index is 11.2. The Bertz CT molecular complexity index is 130. The van der Waals surface area contributed by atoms with Crippen LogP contribution in [0.2, 0.25) is 0 Å². The monoisotopic (exact) mass is 156 g/mol. The molecule has 1 rings (SSSR count). The predicted molar refractivity (Wildman–Crippen MR) is 41.7 cm³/mol. The first-order valence-corrected chi connectivity index (χ1v) is 3.96. The standard InChI is InChI=1S/C8H14NO2/c1-11-7-8(10)9-5-3-2-4-6-9/h5H,2-4,6-7H2,1H3. The molecule has 3 heteroatoms. The van der Waals surface area contributed by atoms with E-state index in [0.29, 0.717) is 0 Å². The third kappa shape index (κ3) is 2.50. The van der Waals surface area contributed by atoms with Crippen molar-refractivity contribution in [1.29, 1.82) is 0 Å². The average Bonchev–Trinajstić information content (AvgIpc) is 2.07. The van der Waals surface area contributed by atoms with Gasteiger partial charge >= 0.3 is 0 Å². The summed E-state index contributed by atoms with van der Waals surface area (Å²) >= 11 is 0. The SMILES string of the molecule is COCC(=O)N1[CH]CCCC1. The van der Waals surface area contributed by atoms with Gasteiger partial charge in [-0.3, -0.25) is 4.79 Å². The molecule has 0 N–H and O–H groups in total. The zero-order valence-electron chi connectivity index (χ0n) is 6.88. The third-order valence-electron chi connectivity index (χ3n) is 1.79. The van der Waals surface area contributed by atoms with Gasteiger partial charge in [0.1, 0.15) is 6.61 Å². The minimum absolute atomic E-state index is 0.0761. The van der Waals surface area contributed by atoms with Crippen molar-refractivity contribution in [3.8, 4) is 0 Å². The predicted octanol–water partition coefficient (Wildman–Crippen LogP) is 0.807. The van der Waals surface area contributed by atoms with E-state index in [1.54, 1.807) is 12.0 Å². The lowest BCUT2D eigenvalue weighted by Crippen LogP contribution is -2.34. The number of carbonyl (C=O) groups excluding carboxylic acids is 1. The highest BCUT2D eigenvalue weighted by Crippen LogP contribution is 2.12. The Balaban J connectivity index is 2.27. The number of ether oxygens (including phenoxy) is 1. The van der Waals surface area contributed by atoms with Crippen LogP contribution in [0.5, 0.6) is 0 Å². The minimum atomic E-state index is 0.0761. The number of hydrogen-bond donors (Lipinski definition) is 0. The summed E-state index contributed by atoms with van der Waals surface area (Å²) in [5, 5.41) is 0. The van der Waals surface area contributed by atoms with E-state index in [1.165, 1.54) is 6.42 Å². The summed E-state index contributed by atoms with van der Waals surface area (Å²) in [6.45, 7) is 3.03. The Kier molecular flexibility index (Phi) is 3.36. The largest absolute Gasteiger partial charge is 0.375 e. The number of methoxy groups -OCH3 is 1. The molecule has 0 aromatic carbocycles. The van der Waals surface area contributed by atoms with E-state index in [1.807, 2.05) is 6.54 Å². The van der Waals surface area contributed by atoms with Gasteiger partial charge in [-0.05, 0) is 19.3 Å². The maximum absolute atomic E-state index is 11.2. The van der Waals surface area contributed by atoms with Crippen molar-refractivity contribution in [2.45, 2.75) is 19.3 Å². The molecule has 1 aliphatic rings. The Morgan fingerprint density at radius 1 is 1.64 bits per heavy atom. The topological polar surface area (TPSA) is 29.5 Å². The van der Waals surface area contributed by atoms with E-state index in [0.717, 1.165) is 19.4 Å². The lowest BCUT2D eigenvalue weighted by Gasteiger charge is -2.25. The van der Waals surface area contributed by atoms with E-state index in [2.05, 4.69) is 0 Å². The van der Waals surface area contributed by atoms with Crippen molar-refractivity contribution < 1.29 is 9.53 Å². The van der Waals surface area contributed by atoms with Crippen LogP contribution in [-0.4, -0.2) is 31.1 Å². The van der Waals surface area contributed by atoms with Crippen LogP contribution in [-0.2, 0) is 9.53 Å². The fraction of sp³-hybridized carbons (Fsp3) is 0.750. The summed E-state index contributed by atoms with van der Waals surface area (Å²) in [5.41, 5.74) is 0. The molecule has 1 saturated heterocycles. The van der Waals surface area contributed by atoms with Crippen molar-refractivity contribution in [3.63, 3.8) is 0 Å². The van der Waals surface area contributed by atoms with Crippen LogP contribution in [0.15, 0.2) is 0 Å². The van der Waals surface area contributed by atoms with Crippen molar-refractivity contribution >= 4 is 5.91 Å². The van der Waals surface area contributed by atoms with Gasteiger partial charge in [-0.1, -0.05) is 0 Å². The number of carbonyl (C=O) groups is 1. The molecule has 1 aliphatic heterocycles. The first-order valence-electron chi connectivity index (χ1n) is 3.96.